The molecule has 0 aliphatic carbocycles. The number of amides is 3. The lowest BCUT2D eigenvalue weighted by molar-refractivity contribution is -0.140. The number of unbranched alkanes of at least 4 members (excludes halogenated alkanes) is 1. The van der Waals surface area contributed by atoms with E-state index >= 15 is 0 Å². The Hall–Kier alpha value is -3.88. The molecule has 3 amide bonds. The zero-order valence-electron chi connectivity index (χ0n) is 24.7. The number of ether oxygens (including phenoxy) is 1. The van der Waals surface area contributed by atoms with E-state index in [0.717, 1.165) is 5.69 Å². The Labute approximate surface area is 242 Å². The van der Waals surface area contributed by atoms with Gasteiger partial charge in [-0.25, -0.2) is 0 Å². The molecule has 2 aromatic rings. The van der Waals surface area contributed by atoms with Crippen molar-refractivity contribution in [1.82, 2.24) is 15.1 Å². The lowest BCUT2D eigenvalue weighted by Crippen LogP contribution is -2.57. The number of piperidine rings is 1. The minimum absolute atomic E-state index is 0.0100. The van der Waals surface area contributed by atoms with Gasteiger partial charge in [0.2, 0.25) is 5.91 Å². The summed E-state index contributed by atoms with van der Waals surface area (Å²) < 4.78 is 4.64. The van der Waals surface area contributed by atoms with Crippen molar-refractivity contribution in [1.29, 1.82) is 0 Å². The molecular weight excluding hydrogens is 520 g/mol. The van der Waals surface area contributed by atoms with E-state index in [1.807, 2.05) is 59.5 Å². The van der Waals surface area contributed by atoms with Gasteiger partial charge in [-0.1, -0.05) is 51.1 Å². The van der Waals surface area contributed by atoms with Crippen LogP contribution in [0.5, 0.6) is 0 Å². The van der Waals surface area contributed by atoms with Gasteiger partial charge in [-0.15, -0.1) is 0 Å². The molecule has 0 unspecified atom stereocenters. The summed E-state index contributed by atoms with van der Waals surface area (Å²) in [5, 5.41) is 2.86. The maximum absolute atomic E-state index is 13.9. The van der Waals surface area contributed by atoms with Crippen LogP contribution in [0.4, 0.5) is 5.69 Å². The summed E-state index contributed by atoms with van der Waals surface area (Å²) >= 11 is 0. The predicted molar refractivity (Wildman–Crippen MR) is 157 cm³/mol. The second-order valence-electron chi connectivity index (χ2n) is 11.9. The Bertz CT molecular complexity index is 1230. The number of carbonyl (C=O) groups excluding carboxylic acids is 4. The van der Waals surface area contributed by atoms with Gasteiger partial charge in [0.05, 0.1) is 13.8 Å². The number of methoxy groups -OCH3 is 1. The average Bonchev–Trinajstić information content (AvgIpc) is 3.23. The smallest absolute Gasteiger partial charge is 0.305 e. The molecule has 2 saturated heterocycles. The average molecular weight is 563 g/mol. The second-order valence-corrected chi connectivity index (χ2v) is 11.9. The first-order valence-electron chi connectivity index (χ1n) is 14.4. The lowest BCUT2D eigenvalue weighted by atomic mass is 9.84. The summed E-state index contributed by atoms with van der Waals surface area (Å²) in [5.41, 5.74) is 1.94. The minimum Gasteiger partial charge on any atom is -0.469 e. The molecule has 2 aromatic carbocycles. The Morgan fingerprint density at radius 3 is 2.22 bits per heavy atom. The topological polar surface area (TPSA) is 99.3 Å². The van der Waals surface area contributed by atoms with Crippen LogP contribution in [-0.2, 0) is 24.5 Å². The van der Waals surface area contributed by atoms with E-state index < -0.39 is 5.54 Å². The van der Waals surface area contributed by atoms with Gasteiger partial charge >= 0.3 is 5.97 Å². The first-order valence-corrected chi connectivity index (χ1v) is 14.4. The maximum atomic E-state index is 13.9. The van der Waals surface area contributed by atoms with Crippen LogP contribution in [0.3, 0.4) is 0 Å². The zero-order chi connectivity index (χ0) is 29.6. The molecule has 2 aliphatic heterocycles. The molecule has 41 heavy (non-hydrogen) atoms. The molecule has 2 fully saturated rings. The van der Waals surface area contributed by atoms with E-state index in [1.54, 1.807) is 4.90 Å². The largest absolute Gasteiger partial charge is 0.469 e. The quantitative estimate of drug-likeness (QED) is 0.370. The van der Waals surface area contributed by atoms with Crippen molar-refractivity contribution < 1.29 is 23.9 Å². The van der Waals surface area contributed by atoms with Crippen molar-refractivity contribution in [3.05, 3.63) is 65.7 Å². The molecule has 0 radical (unpaired) electrons. The molecule has 0 bridgehead atoms. The summed E-state index contributed by atoms with van der Waals surface area (Å²) in [5.74, 6) is -0.603. The Morgan fingerprint density at radius 2 is 1.61 bits per heavy atom. The fourth-order valence-corrected chi connectivity index (χ4v) is 5.65. The molecule has 1 N–H and O–H groups in total. The summed E-state index contributed by atoms with van der Waals surface area (Å²) in [7, 11) is 1.36. The van der Waals surface area contributed by atoms with Crippen molar-refractivity contribution in [2.75, 3.05) is 44.9 Å². The van der Waals surface area contributed by atoms with Crippen molar-refractivity contribution in [2.24, 2.45) is 0 Å². The fraction of sp³-hybridized carbons (Fsp3) is 0.500. The van der Waals surface area contributed by atoms with Gasteiger partial charge in [-0.3, -0.25) is 19.2 Å². The van der Waals surface area contributed by atoms with Gasteiger partial charge in [0.25, 0.3) is 11.8 Å². The molecule has 1 spiro atoms. The first kappa shape index (κ1) is 30.1. The van der Waals surface area contributed by atoms with Crippen LogP contribution in [0.25, 0.3) is 0 Å². The highest BCUT2D eigenvalue weighted by Gasteiger charge is 2.54. The third-order valence-electron chi connectivity index (χ3n) is 8.15. The highest BCUT2D eigenvalue weighted by molar-refractivity contribution is 5.97. The van der Waals surface area contributed by atoms with E-state index in [0.29, 0.717) is 64.0 Å². The normalized spacial score (nSPS) is 16.7. The fourth-order valence-electron chi connectivity index (χ4n) is 5.65. The SMILES string of the molecule is COC(=O)CCCCNC(=O)CN1CN(c2ccccc2)C2(CCN(C(=O)c3ccc(C(C)(C)C)cc3)CC2)C1=O. The highest BCUT2D eigenvalue weighted by atomic mass is 16.5. The number of rotatable bonds is 9. The van der Waals surface area contributed by atoms with E-state index in [9.17, 15) is 19.2 Å². The van der Waals surface area contributed by atoms with Crippen LogP contribution in [0.1, 0.15) is 68.8 Å². The number of para-hydroxylation sites is 1. The molecule has 0 saturated carbocycles. The molecule has 2 aliphatic rings. The Kier molecular flexibility index (Phi) is 9.35. The van der Waals surface area contributed by atoms with Crippen LogP contribution < -0.4 is 10.2 Å². The van der Waals surface area contributed by atoms with Gasteiger partial charge in [0.15, 0.2) is 0 Å². The zero-order valence-corrected chi connectivity index (χ0v) is 24.7. The van der Waals surface area contributed by atoms with E-state index in [-0.39, 0.29) is 35.7 Å². The summed E-state index contributed by atoms with van der Waals surface area (Å²) in [6.07, 6.45) is 2.55. The monoisotopic (exact) mass is 562 g/mol. The van der Waals surface area contributed by atoms with Crippen LogP contribution in [0.2, 0.25) is 0 Å². The first-order chi connectivity index (χ1) is 19.5. The van der Waals surface area contributed by atoms with Crippen molar-refractivity contribution in [3.8, 4) is 0 Å². The number of likely N-dealkylation sites (tertiary alicyclic amines) is 1. The minimum atomic E-state index is -0.810. The van der Waals surface area contributed by atoms with Crippen LogP contribution in [0.15, 0.2) is 54.6 Å². The van der Waals surface area contributed by atoms with Gasteiger partial charge in [0.1, 0.15) is 12.1 Å². The van der Waals surface area contributed by atoms with Crippen LogP contribution in [0, 0.1) is 0 Å². The van der Waals surface area contributed by atoms with Crippen LogP contribution in [-0.4, -0.2) is 79.0 Å². The summed E-state index contributed by atoms with van der Waals surface area (Å²) in [6.45, 7) is 8.04. The second kappa shape index (κ2) is 12.7. The third-order valence-corrected chi connectivity index (χ3v) is 8.15. The standard InChI is InChI=1S/C32H42N4O5/c1-31(2,3)25-15-13-24(14-16-25)29(39)34-20-17-32(18-21-34)30(40)35(23-36(32)26-10-6-5-7-11-26)22-27(37)33-19-9-8-12-28(38)41-4/h5-7,10-11,13-16H,8-9,12,17-23H2,1-4H3,(H,33,37). The number of nitrogens with zero attached hydrogens (tertiary/aromatic N) is 3. The van der Waals surface area contributed by atoms with Crippen molar-refractivity contribution in [2.45, 2.75) is 63.8 Å². The van der Waals surface area contributed by atoms with Crippen molar-refractivity contribution in [3.63, 3.8) is 0 Å². The summed E-state index contributed by atoms with van der Waals surface area (Å²) in [4.78, 5) is 56.8. The molecule has 2 heterocycles. The Morgan fingerprint density at radius 1 is 0.951 bits per heavy atom. The van der Waals surface area contributed by atoms with E-state index in [4.69, 9.17) is 0 Å². The molecular formula is C32H42N4O5. The number of carbonyl (C=O) groups is 4. The number of benzene rings is 2. The van der Waals surface area contributed by atoms with Gasteiger partial charge in [0, 0.05) is 37.3 Å². The Balaban J connectivity index is 1.41. The molecule has 0 aromatic heterocycles. The van der Waals surface area contributed by atoms with Crippen LogP contribution >= 0.6 is 0 Å². The van der Waals surface area contributed by atoms with Gasteiger partial charge < -0.3 is 24.8 Å². The van der Waals surface area contributed by atoms with E-state index in [1.165, 1.54) is 12.7 Å². The van der Waals surface area contributed by atoms with Crippen molar-refractivity contribution >= 4 is 29.4 Å². The number of anilines is 1. The van der Waals surface area contributed by atoms with Gasteiger partial charge in [-0.2, -0.15) is 0 Å². The number of hydrogen-bond donors (Lipinski definition) is 1. The lowest BCUT2D eigenvalue weighted by Gasteiger charge is -2.43. The molecule has 9 nitrogen and oxygen atoms in total. The third kappa shape index (κ3) is 6.89. The summed E-state index contributed by atoms with van der Waals surface area (Å²) in [6, 6.07) is 17.6. The molecule has 220 valence electrons. The predicted octanol–water partition coefficient (Wildman–Crippen LogP) is 3.72. The molecule has 9 heteroatoms. The number of hydrogen-bond acceptors (Lipinski definition) is 6. The highest BCUT2D eigenvalue weighted by Crippen LogP contribution is 2.39. The number of nitrogens with one attached hydrogen (secondary N) is 1. The van der Waals surface area contributed by atoms with E-state index in [2.05, 4.69) is 35.7 Å². The molecule has 4 rings (SSSR count). The molecule has 0 atom stereocenters. The number of esters is 1. The maximum Gasteiger partial charge on any atom is 0.305 e. The van der Waals surface area contributed by atoms with Gasteiger partial charge in [-0.05, 0) is 60.9 Å².